The average Bonchev–Trinajstić information content (AvgIpc) is 3.82. The standard InChI is InChI=1S/C40H57IN6O9/c1-38(2,3)56-37(54)46-32(39(4)17-11-8-12-18-39)36(53)47-22-27-25(20-40(5,41)55-27)30(47)34(51)44-26(19-23-15-16-23)31(49)35(52)43-21-28(48)45-29(33(50)42-6)24-13-9-7-10-14-24/h7,9-10,13-14,23,25-27,29-30,32H,8,11-12,15-22H2,1-6H3,(H,42,50)(H,43,52)(H,44,51)(H,45,48)(H,46,54)/t25-,26?,27-,29-,30-,32+,40?/m0/s1. The fourth-order valence-corrected chi connectivity index (χ4v) is 9.08. The highest BCUT2D eigenvalue weighted by molar-refractivity contribution is 14.1. The van der Waals surface area contributed by atoms with Crippen LogP contribution in [0.2, 0.25) is 0 Å². The minimum atomic E-state index is -1.21. The molecule has 5 N–H and O–H groups in total. The number of rotatable bonds is 14. The topological polar surface area (TPSA) is 201 Å². The zero-order valence-electron chi connectivity index (χ0n) is 33.2. The molecule has 4 aliphatic rings. The van der Waals surface area contributed by atoms with Crippen LogP contribution < -0.4 is 26.6 Å². The first-order valence-corrected chi connectivity index (χ1v) is 20.7. The summed E-state index contributed by atoms with van der Waals surface area (Å²) in [6.45, 7) is 8.67. The Morgan fingerprint density at radius 3 is 2.23 bits per heavy atom. The lowest BCUT2D eigenvalue weighted by Crippen LogP contribution is -2.61. The van der Waals surface area contributed by atoms with Gasteiger partial charge in [0, 0.05) is 19.5 Å². The zero-order valence-corrected chi connectivity index (χ0v) is 35.4. The molecular weight excluding hydrogens is 835 g/mol. The van der Waals surface area contributed by atoms with E-state index < -0.39 is 98.8 Å². The lowest BCUT2D eigenvalue weighted by molar-refractivity contribution is -0.146. The van der Waals surface area contributed by atoms with Crippen LogP contribution in [0.5, 0.6) is 0 Å². The summed E-state index contributed by atoms with van der Waals surface area (Å²) in [4.78, 5) is 96.4. The van der Waals surface area contributed by atoms with Crippen LogP contribution in [0.3, 0.4) is 0 Å². The number of ether oxygens (including phenoxy) is 2. The molecule has 2 saturated carbocycles. The zero-order chi connectivity index (χ0) is 41.0. The number of alkyl carbamates (subject to hydrolysis) is 1. The number of likely N-dealkylation sites (tertiary alicyclic amines) is 1. The van der Waals surface area contributed by atoms with E-state index >= 15 is 0 Å². The number of hydrogen-bond acceptors (Lipinski definition) is 9. The molecule has 4 fully saturated rings. The van der Waals surface area contributed by atoms with Gasteiger partial charge in [-0.3, -0.25) is 28.8 Å². The SMILES string of the molecule is CNC(=O)[C@@H](NC(=O)CNC(=O)C(=O)C(CC1CC1)NC(=O)[C@@H]1[C@H]2CC(C)(I)O[C@H]2CN1C(=O)[C@@H](NC(=O)OC(C)(C)C)C1(C)CCCCC1)c1ccccc1. The van der Waals surface area contributed by atoms with Gasteiger partial charge in [-0.1, -0.05) is 69.4 Å². The van der Waals surface area contributed by atoms with Crippen molar-refractivity contribution in [3.05, 3.63) is 35.9 Å². The lowest BCUT2D eigenvalue weighted by Gasteiger charge is -2.42. The van der Waals surface area contributed by atoms with Crippen molar-refractivity contribution < 1.29 is 43.0 Å². The van der Waals surface area contributed by atoms with E-state index in [0.717, 1.165) is 32.1 Å². The molecule has 7 atom stereocenters. The van der Waals surface area contributed by atoms with Gasteiger partial charge in [-0.2, -0.15) is 0 Å². The van der Waals surface area contributed by atoms with Gasteiger partial charge in [-0.15, -0.1) is 0 Å². The Balaban J connectivity index is 1.33. The van der Waals surface area contributed by atoms with Crippen molar-refractivity contribution >= 4 is 64.0 Å². The van der Waals surface area contributed by atoms with Gasteiger partial charge in [-0.25, -0.2) is 4.79 Å². The maximum absolute atomic E-state index is 14.8. The van der Waals surface area contributed by atoms with E-state index in [2.05, 4.69) is 49.2 Å². The first kappa shape index (κ1) is 43.3. The van der Waals surface area contributed by atoms with E-state index in [4.69, 9.17) is 9.47 Å². The summed E-state index contributed by atoms with van der Waals surface area (Å²) >= 11 is 2.20. The molecule has 0 bridgehead atoms. The van der Waals surface area contributed by atoms with Gasteiger partial charge in [0.1, 0.15) is 27.3 Å². The minimum Gasteiger partial charge on any atom is -0.444 e. The summed E-state index contributed by atoms with van der Waals surface area (Å²) in [6.07, 6.45) is 5.34. The third-order valence-electron chi connectivity index (χ3n) is 11.2. The fourth-order valence-electron chi connectivity index (χ4n) is 8.25. The van der Waals surface area contributed by atoms with Crippen LogP contribution in [-0.2, 0) is 38.2 Å². The second kappa shape index (κ2) is 17.8. The molecule has 1 aromatic carbocycles. The van der Waals surface area contributed by atoms with Crippen molar-refractivity contribution in [2.45, 2.75) is 132 Å². The number of likely N-dealkylation sites (N-methyl/N-ethyl adjacent to an activating group) is 1. The van der Waals surface area contributed by atoms with Crippen molar-refractivity contribution in [2.75, 3.05) is 20.1 Å². The first-order valence-electron chi connectivity index (χ1n) is 19.7. The third-order valence-corrected chi connectivity index (χ3v) is 11.9. The number of Topliss-reactive ketones (excluding diaryl/α,β-unsaturated/α-hetero) is 1. The highest BCUT2D eigenvalue weighted by Gasteiger charge is 2.58. The van der Waals surface area contributed by atoms with E-state index in [1.165, 1.54) is 11.9 Å². The van der Waals surface area contributed by atoms with Gasteiger partial charge >= 0.3 is 6.09 Å². The Bertz CT molecular complexity index is 1660. The number of nitrogens with zero attached hydrogens (tertiary/aromatic N) is 1. The fraction of sp³-hybridized carbons (Fsp3) is 0.675. The van der Waals surface area contributed by atoms with Crippen LogP contribution in [0.25, 0.3) is 0 Å². The highest BCUT2D eigenvalue weighted by atomic mass is 127. The molecule has 2 heterocycles. The number of ketones is 1. The van der Waals surface area contributed by atoms with Crippen LogP contribution in [0.1, 0.15) is 104 Å². The van der Waals surface area contributed by atoms with Crippen LogP contribution in [0.4, 0.5) is 4.79 Å². The summed E-state index contributed by atoms with van der Waals surface area (Å²) in [5, 5.41) is 13.2. The quantitative estimate of drug-likeness (QED) is 0.106. The highest BCUT2D eigenvalue weighted by Crippen LogP contribution is 2.48. The largest absolute Gasteiger partial charge is 0.444 e. The predicted octanol–water partition coefficient (Wildman–Crippen LogP) is 3.19. The number of benzene rings is 1. The van der Waals surface area contributed by atoms with Crippen molar-refractivity contribution in [3.8, 4) is 0 Å². The summed E-state index contributed by atoms with van der Waals surface area (Å²) in [5.74, 6) is -4.43. The molecule has 0 radical (unpaired) electrons. The monoisotopic (exact) mass is 892 g/mol. The van der Waals surface area contributed by atoms with Gasteiger partial charge in [0.05, 0.1) is 18.7 Å². The summed E-state index contributed by atoms with van der Waals surface area (Å²) in [7, 11) is 1.44. The van der Waals surface area contributed by atoms with Crippen molar-refractivity contribution in [1.82, 2.24) is 31.5 Å². The van der Waals surface area contributed by atoms with Gasteiger partial charge in [0.25, 0.3) is 5.91 Å². The van der Waals surface area contributed by atoms with Crippen LogP contribution in [-0.4, -0.2) is 99.9 Å². The molecule has 2 saturated heterocycles. The summed E-state index contributed by atoms with van der Waals surface area (Å²) in [6, 6.07) is 4.33. The third kappa shape index (κ3) is 11.0. The second-order valence-corrected chi connectivity index (χ2v) is 19.5. The molecule has 1 aromatic rings. The maximum atomic E-state index is 14.8. The Hall–Kier alpha value is -3.80. The van der Waals surface area contributed by atoms with Crippen molar-refractivity contribution in [1.29, 1.82) is 0 Å². The van der Waals surface area contributed by atoms with Crippen LogP contribution >= 0.6 is 22.6 Å². The smallest absolute Gasteiger partial charge is 0.408 e. The number of nitrogens with one attached hydrogen (secondary N) is 5. The summed E-state index contributed by atoms with van der Waals surface area (Å²) < 4.78 is 11.3. The molecule has 16 heteroatoms. The predicted molar refractivity (Wildman–Crippen MR) is 214 cm³/mol. The number of halogens is 1. The molecule has 0 aromatic heterocycles. The van der Waals surface area contributed by atoms with Gasteiger partial charge in [-0.05, 0) is 92.9 Å². The average molecular weight is 893 g/mol. The van der Waals surface area contributed by atoms with E-state index in [1.807, 2.05) is 13.8 Å². The first-order chi connectivity index (χ1) is 26.3. The number of amides is 6. The number of fused-ring (bicyclic) bond motifs is 1. The van der Waals surface area contributed by atoms with Crippen LogP contribution in [0.15, 0.2) is 30.3 Å². The number of alkyl halides is 1. The molecule has 6 amide bonds. The van der Waals surface area contributed by atoms with E-state index in [0.29, 0.717) is 24.8 Å². The number of hydrogen-bond donors (Lipinski definition) is 5. The van der Waals surface area contributed by atoms with Gasteiger partial charge in [0.15, 0.2) is 0 Å². The summed E-state index contributed by atoms with van der Waals surface area (Å²) in [5.41, 5.74) is -0.863. The van der Waals surface area contributed by atoms with Crippen LogP contribution in [0, 0.1) is 17.3 Å². The molecule has 56 heavy (non-hydrogen) atoms. The maximum Gasteiger partial charge on any atom is 0.408 e. The second-order valence-electron chi connectivity index (χ2n) is 17.2. The molecular formula is C40H57IN6O9. The van der Waals surface area contributed by atoms with E-state index in [-0.39, 0.29) is 18.9 Å². The molecule has 2 unspecified atom stereocenters. The minimum absolute atomic E-state index is 0.111. The van der Waals surface area contributed by atoms with Gasteiger partial charge < -0.3 is 41.0 Å². The molecule has 308 valence electrons. The lowest BCUT2D eigenvalue weighted by atomic mass is 9.70. The van der Waals surface area contributed by atoms with Crippen molar-refractivity contribution in [3.63, 3.8) is 0 Å². The van der Waals surface area contributed by atoms with Gasteiger partial charge in [0.2, 0.25) is 29.4 Å². The van der Waals surface area contributed by atoms with E-state index in [9.17, 15) is 33.6 Å². The Kier molecular flexibility index (Phi) is 13.8. The van der Waals surface area contributed by atoms with Crippen molar-refractivity contribution in [2.24, 2.45) is 17.3 Å². The normalized spacial score (nSPS) is 25.8. The molecule has 15 nitrogen and oxygen atoms in total. The molecule has 2 aliphatic carbocycles. The number of carbonyl (C=O) groups excluding carboxylic acids is 7. The van der Waals surface area contributed by atoms with E-state index in [1.54, 1.807) is 51.1 Å². The Morgan fingerprint density at radius 1 is 0.964 bits per heavy atom. The Labute approximate surface area is 342 Å². The molecule has 0 spiro atoms. The number of carbonyl (C=O) groups is 7. The molecule has 2 aliphatic heterocycles. The Morgan fingerprint density at radius 2 is 1.62 bits per heavy atom. The molecule has 5 rings (SSSR count).